The van der Waals surface area contributed by atoms with E-state index in [9.17, 15) is 4.39 Å². The Bertz CT molecular complexity index is 788. The average Bonchev–Trinajstić information content (AvgIpc) is 2.56. The summed E-state index contributed by atoms with van der Waals surface area (Å²) < 4.78 is 13.9. The molecule has 23 heavy (non-hydrogen) atoms. The van der Waals surface area contributed by atoms with Crippen LogP contribution >= 0.6 is 15.9 Å². The highest BCUT2D eigenvalue weighted by Crippen LogP contribution is 2.23. The molecule has 2 heterocycles. The topological polar surface area (TPSA) is 37.8 Å². The maximum atomic E-state index is 13.0. The van der Waals surface area contributed by atoms with Crippen molar-refractivity contribution in [3.8, 4) is 11.1 Å². The van der Waals surface area contributed by atoms with E-state index in [4.69, 9.17) is 0 Å². The minimum Gasteiger partial charge on any atom is -0.364 e. The lowest BCUT2D eigenvalue weighted by Crippen LogP contribution is -2.07. The molecule has 3 nitrogen and oxygen atoms in total. The van der Waals surface area contributed by atoms with Gasteiger partial charge in [0.2, 0.25) is 0 Å². The van der Waals surface area contributed by atoms with Crippen LogP contribution in [0.2, 0.25) is 0 Å². The van der Waals surface area contributed by atoms with Crippen LogP contribution in [0.5, 0.6) is 0 Å². The van der Waals surface area contributed by atoms with E-state index in [0.29, 0.717) is 0 Å². The SMILES string of the molecule is CC(Nc1ccc(-c2cncc(Br)c2)cn1)c1ccc(F)cc1. The van der Waals surface area contributed by atoms with Gasteiger partial charge >= 0.3 is 0 Å². The van der Waals surface area contributed by atoms with Crippen molar-refractivity contribution in [3.63, 3.8) is 0 Å². The molecule has 3 rings (SSSR count). The van der Waals surface area contributed by atoms with Gasteiger partial charge in [0.15, 0.2) is 0 Å². The van der Waals surface area contributed by atoms with E-state index in [0.717, 1.165) is 27.0 Å². The molecule has 1 aromatic carbocycles. The van der Waals surface area contributed by atoms with Crippen LogP contribution < -0.4 is 5.32 Å². The minimum atomic E-state index is -0.231. The van der Waals surface area contributed by atoms with E-state index in [-0.39, 0.29) is 11.9 Å². The smallest absolute Gasteiger partial charge is 0.126 e. The molecule has 1 unspecified atom stereocenters. The normalized spacial score (nSPS) is 12.0. The number of nitrogens with zero attached hydrogens (tertiary/aromatic N) is 2. The lowest BCUT2D eigenvalue weighted by atomic mass is 10.1. The fourth-order valence-corrected chi connectivity index (χ4v) is 2.64. The van der Waals surface area contributed by atoms with E-state index in [2.05, 4.69) is 31.2 Å². The van der Waals surface area contributed by atoms with Crippen molar-refractivity contribution in [2.45, 2.75) is 13.0 Å². The zero-order chi connectivity index (χ0) is 16.2. The lowest BCUT2D eigenvalue weighted by Gasteiger charge is -2.15. The second kappa shape index (κ2) is 6.87. The third-order valence-corrected chi connectivity index (χ3v) is 3.97. The monoisotopic (exact) mass is 371 g/mol. The van der Waals surface area contributed by atoms with Gasteiger partial charge in [-0.15, -0.1) is 0 Å². The van der Waals surface area contributed by atoms with Crippen molar-refractivity contribution in [1.29, 1.82) is 0 Å². The van der Waals surface area contributed by atoms with Crippen LogP contribution in [0.15, 0.2) is 65.5 Å². The van der Waals surface area contributed by atoms with Gasteiger partial charge < -0.3 is 5.32 Å². The first-order valence-electron chi connectivity index (χ1n) is 7.21. The number of nitrogens with one attached hydrogen (secondary N) is 1. The second-order valence-electron chi connectivity index (χ2n) is 5.24. The average molecular weight is 372 g/mol. The Morgan fingerprint density at radius 3 is 2.43 bits per heavy atom. The van der Waals surface area contributed by atoms with Crippen molar-refractivity contribution in [2.24, 2.45) is 0 Å². The minimum absolute atomic E-state index is 0.0430. The number of aromatic nitrogens is 2. The highest BCUT2D eigenvalue weighted by atomic mass is 79.9. The number of rotatable bonds is 4. The molecule has 116 valence electrons. The largest absolute Gasteiger partial charge is 0.364 e. The Morgan fingerprint density at radius 2 is 1.78 bits per heavy atom. The molecule has 0 aliphatic heterocycles. The first kappa shape index (κ1) is 15.6. The van der Waals surface area contributed by atoms with Crippen molar-refractivity contribution in [3.05, 3.63) is 76.9 Å². The maximum Gasteiger partial charge on any atom is 0.126 e. The standard InChI is InChI=1S/C18H15BrFN3/c1-12(13-2-5-17(20)6-3-13)23-18-7-4-14(10-22-18)15-8-16(19)11-21-9-15/h2-12H,1H3,(H,22,23). The Balaban J connectivity index is 1.73. The predicted octanol–water partition coefficient (Wildman–Crippen LogP) is 5.22. The Hall–Kier alpha value is -2.27. The highest BCUT2D eigenvalue weighted by molar-refractivity contribution is 9.10. The zero-order valence-electron chi connectivity index (χ0n) is 12.5. The molecule has 0 aliphatic rings. The molecule has 0 aliphatic carbocycles. The maximum absolute atomic E-state index is 13.0. The Morgan fingerprint density at radius 1 is 1.00 bits per heavy atom. The molecule has 0 spiro atoms. The van der Waals surface area contributed by atoms with E-state index < -0.39 is 0 Å². The van der Waals surface area contributed by atoms with E-state index in [1.54, 1.807) is 24.5 Å². The van der Waals surface area contributed by atoms with Crippen LogP contribution in [0.4, 0.5) is 10.2 Å². The van der Waals surface area contributed by atoms with Crippen LogP contribution in [0.3, 0.4) is 0 Å². The van der Waals surface area contributed by atoms with Crippen LogP contribution in [0.25, 0.3) is 11.1 Å². The molecule has 3 aromatic rings. The summed E-state index contributed by atoms with van der Waals surface area (Å²) in [6, 6.07) is 12.4. The molecule has 0 fully saturated rings. The fourth-order valence-electron chi connectivity index (χ4n) is 2.28. The van der Waals surface area contributed by atoms with Gasteiger partial charge in [0.25, 0.3) is 0 Å². The summed E-state index contributed by atoms with van der Waals surface area (Å²) in [7, 11) is 0. The van der Waals surface area contributed by atoms with Gasteiger partial charge in [-0.05, 0) is 58.7 Å². The van der Waals surface area contributed by atoms with Gasteiger partial charge in [-0.3, -0.25) is 4.98 Å². The third kappa shape index (κ3) is 3.93. The summed E-state index contributed by atoms with van der Waals surface area (Å²) in [5.41, 5.74) is 3.01. The van der Waals surface area contributed by atoms with E-state index in [1.165, 1.54) is 12.1 Å². The molecule has 0 saturated heterocycles. The molecule has 0 amide bonds. The summed E-state index contributed by atoms with van der Waals surface area (Å²) in [6.45, 7) is 2.01. The van der Waals surface area contributed by atoms with Crippen LogP contribution in [0.1, 0.15) is 18.5 Å². The molecule has 2 aromatic heterocycles. The summed E-state index contributed by atoms with van der Waals surface area (Å²) in [5, 5.41) is 3.31. The molecule has 1 N–H and O–H groups in total. The third-order valence-electron chi connectivity index (χ3n) is 3.54. The quantitative estimate of drug-likeness (QED) is 0.683. The summed E-state index contributed by atoms with van der Waals surface area (Å²) in [4.78, 5) is 8.60. The van der Waals surface area contributed by atoms with Crippen molar-refractivity contribution >= 4 is 21.7 Å². The molecular weight excluding hydrogens is 357 g/mol. The summed E-state index contributed by atoms with van der Waals surface area (Å²) >= 11 is 3.42. The van der Waals surface area contributed by atoms with Gasteiger partial charge in [0, 0.05) is 40.2 Å². The van der Waals surface area contributed by atoms with Gasteiger partial charge in [-0.1, -0.05) is 12.1 Å². The first-order chi connectivity index (χ1) is 11.1. The molecule has 0 radical (unpaired) electrons. The van der Waals surface area contributed by atoms with Crippen molar-refractivity contribution < 1.29 is 4.39 Å². The molecule has 5 heteroatoms. The number of pyridine rings is 2. The van der Waals surface area contributed by atoms with Gasteiger partial charge in [-0.2, -0.15) is 0 Å². The predicted molar refractivity (Wildman–Crippen MR) is 93.6 cm³/mol. The Kier molecular flexibility index (Phi) is 4.67. The van der Waals surface area contributed by atoms with Crippen LogP contribution in [-0.4, -0.2) is 9.97 Å². The summed E-state index contributed by atoms with van der Waals surface area (Å²) in [5.74, 6) is 0.541. The number of anilines is 1. The number of hydrogen-bond donors (Lipinski definition) is 1. The number of halogens is 2. The Labute approximate surface area is 142 Å². The van der Waals surface area contributed by atoms with E-state index in [1.807, 2.05) is 31.3 Å². The number of hydrogen-bond acceptors (Lipinski definition) is 3. The van der Waals surface area contributed by atoms with Crippen molar-refractivity contribution in [2.75, 3.05) is 5.32 Å². The van der Waals surface area contributed by atoms with Gasteiger partial charge in [-0.25, -0.2) is 9.37 Å². The molecular formula is C18H15BrFN3. The van der Waals surface area contributed by atoms with Crippen molar-refractivity contribution in [1.82, 2.24) is 9.97 Å². The summed E-state index contributed by atoms with van der Waals surface area (Å²) in [6.07, 6.45) is 5.36. The molecule has 0 saturated carbocycles. The second-order valence-corrected chi connectivity index (χ2v) is 6.16. The molecule has 1 atom stereocenters. The lowest BCUT2D eigenvalue weighted by molar-refractivity contribution is 0.626. The fraction of sp³-hybridized carbons (Fsp3) is 0.111. The van der Waals surface area contributed by atoms with E-state index >= 15 is 0 Å². The van der Waals surface area contributed by atoms with Crippen LogP contribution in [0, 0.1) is 5.82 Å². The molecule has 0 bridgehead atoms. The zero-order valence-corrected chi connectivity index (χ0v) is 14.1. The number of benzene rings is 1. The van der Waals surface area contributed by atoms with Crippen LogP contribution in [-0.2, 0) is 0 Å². The van der Waals surface area contributed by atoms with Gasteiger partial charge in [0.1, 0.15) is 11.6 Å². The first-order valence-corrected chi connectivity index (χ1v) is 8.00. The highest BCUT2D eigenvalue weighted by Gasteiger charge is 2.07. The van der Waals surface area contributed by atoms with Gasteiger partial charge in [0.05, 0.1) is 0 Å².